The van der Waals surface area contributed by atoms with Gasteiger partial charge in [-0.1, -0.05) is 0 Å². The highest BCUT2D eigenvalue weighted by Gasteiger charge is 2.61. The zero-order chi connectivity index (χ0) is 69.3. The number of carbonyl (C=O) groups excluding carboxylic acids is 1. The van der Waals surface area contributed by atoms with Crippen molar-refractivity contribution >= 4 is 65.4 Å². The van der Waals surface area contributed by atoms with Crippen LogP contribution < -0.4 is 16.8 Å². The highest BCUT2D eigenvalue weighted by atomic mass is 32.3. The van der Waals surface area contributed by atoms with Crippen LogP contribution >= 0.6 is 0 Å². The highest BCUT2D eigenvalue weighted by molar-refractivity contribution is 7.81. The van der Waals surface area contributed by atoms with Crippen LogP contribution in [0.5, 0.6) is 0 Å². The molecule has 6 fully saturated rings. The SMILES string of the molecule is CC(=O)N[C@H]1[C@@H](OC(C)C)O[C@H](COS(=O)(=O)O)[C@@H](O[C@@H]2O[C@@H](C(=O)O)[C@@H](O[C@H]3O[C@H](CO)[C@@H](O[C@@H]4O[C@@H](C(=O)O)[C@@H](O[C@H]5O[C@H](COS(=O)(=O)O)[C@@H](O[C@@H]6O[C@@H](C(=O)O)[C@@H](O)[C@H](O)[C@H]6OS(=O)(=O)O)[C@H](O)[C@H]5N)[C@H](O)[C@H]4O)[C@H](O)[C@H]3N)[C@H](O)[C@H]2OS(=O)(=O)O)[C@@H]1O. The Hall–Kier alpha value is -3.56. The number of aliphatic hydroxyl groups is 9. The monoisotopic (exact) mass is 1430 g/mol. The van der Waals surface area contributed by atoms with Crippen LogP contribution in [-0.4, -0.2) is 347 Å². The van der Waals surface area contributed by atoms with E-state index in [1.54, 1.807) is 0 Å². The number of aliphatic hydroxyl groups excluding tert-OH is 9. The lowest BCUT2D eigenvalue weighted by Crippen LogP contribution is -2.70. The molecule has 534 valence electrons. The summed E-state index contributed by atoms with van der Waals surface area (Å²) in [6.45, 7) is -0.243. The highest BCUT2D eigenvalue weighted by Crippen LogP contribution is 2.38. The molecule has 0 aliphatic carbocycles. The predicted octanol–water partition coefficient (Wildman–Crippen LogP) is -13.0. The maximum Gasteiger partial charge on any atom is 0.397 e. The van der Waals surface area contributed by atoms with Gasteiger partial charge in [0.1, 0.15) is 104 Å². The summed E-state index contributed by atoms with van der Waals surface area (Å²) in [4.78, 5) is 49.7. The van der Waals surface area contributed by atoms with E-state index >= 15 is 0 Å². The lowest BCUT2D eigenvalue weighted by atomic mass is 9.94. The van der Waals surface area contributed by atoms with E-state index in [4.69, 9.17) is 68.3 Å². The minimum absolute atomic E-state index is 0.760. The van der Waals surface area contributed by atoms with Crippen LogP contribution in [0.25, 0.3) is 0 Å². The van der Waals surface area contributed by atoms with Crippen molar-refractivity contribution in [2.24, 2.45) is 11.5 Å². The van der Waals surface area contributed by atoms with Crippen LogP contribution in [0, 0.1) is 0 Å². The average molecular weight is 1430 g/mol. The third kappa shape index (κ3) is 19.4. The van der Waals surface area contributed by atoms with Gasteiger partial charge in [0.25, 0.3) is 0 Å². The molecule has 30 atom stereocenters. The van der Waals surface area contributed by atoms with E-state index < -0.39 is 275 Å². The van der Waals surface area contributed by atoms with Crippen molar-refractivity contribution in [2.45, 2.75) is 211 Å². The molecule has 0 aromatic carbocycles. The van der Waals surface area contributed by atoms with E-state index in [9.17, 15) is 132 Å². The fourth-order valence-corrected chi connectivity index (χ4v) is 11.6. The van der Waals surface area contributed by atoms with E-state index in [0.717, 1.165) is 6.92 Å². The van der Waals surface area contributed by atoms with Crippen molar-refractivity contribution in [1.82, 2.24) is 5.32 Å². The van der Waals surface area contributed by atoms with E-state index in [1.807, 2.05) is 0 Å². The molecule has 0 radical (unpaired) electrons. The van der Waals surface area contributed by atoms with Gasteiger partial charge in [0.05, 0.1) is 38.0 Å². The summed E-state index contributed by atoms with van der Waals surface area (Å²) in [5, 5.41) is 133. The third-order valence-corrected chi connectivity index (χ3v) is 15.9. The number of nitrogens with one attached hydrogen (secondary N) is 1. The number of nitrogens with two attached hydrogens (primary N) is 2. The summed E-state index contributed by atoms with van der Waals surface area (Å²) in [7, 11) is -22.3. The molecule has 6 rings (SSSR count). The zero-order valence-corrected chi connectivity index (χ0v) is 50.2. The molecule has 0 saturated carbocycles. The molecule has 0 bridgehead atoms. The van der Waals surface area contributed by atoms with Crippen molar-refractivity contribution in [3.05, 3.63) is 0 Å². The van der Waals surface area contributed by atoms with Gasteiger partial charge in [-0.25, -0.2) is 31.1 Å². The molecule has 0 spiro atoms. The van der Waals surface area contributed by atoms with E-state index in [0.29, 0.717) is 0 Å². The molecule has 6 aliphatic rings. The Labute approximate surface area is 517 Å². The molecule has 0 aromatic rings. The molecule has 1 amide bonds. The Morgan fingerprint density at radius 1 is 0.435 bits per heavy atom. The molecule has 6 aliphatic heterocycles. The van der Waals surface area contributed by atoms with Gasteiger partial charge >= 0.3 is 59.5 Å². The molecule has 21 N–H and O–H groups in total. The summed E-state index contributed by atoms with van der Waals surface area (Å²) in [6.07, 6.45) is -66.4. The molecule has 47 nitrogen and oxygen atoms in total. The summed E-state index contributed by atoms with van der Waals surface area (Å²) in [5.41, 5.74) is 12.3. The Morgan fingerprint density at radius 3 is 1.21 bits per heavy atom. The number of rotatable bonds is 27. The average Bonchev–Trinajstić information content (AvgIpc) is 0.781. The van der Waals surface area contributed by atoms with Crippen LogP contribution in [0.15, 0.2) is 0 Å². The summed E-state index contributed by atoms with van der Waals surface area (Å²) >= 11 is 0. The first-order valence-corrected chi connectivity index (χ1v) is 31.7. The second kappa shape index (κ2) is 30.9. The smallest absolute Gasteiger partial charge is 0.397 e. The van der Waals surface area contributed by atoms with Gasteiger partial charge in [0.15, 0.2) is 68.3 Å². The van der Waals surface area contributed by atoms with Gasteiger partial charge < -0.3 is 135 Å². The molecular formula is C41H67N3O44S4. The molecule has 92 heavy (non-hydrogen) atoms. The number of carboxylic acids is 3. The molecular weight excluding hydrogens is 1370 g/mol. The number of ether oxygens (including phenoxy) is 12. The quantitative estimate of drug-likeness (QED) is 0.0340. The largest absolute Gasteiger partial charge is 0.479 e. The Bertz CT molecular complexity index is 3010. The number of carbonyl (C=O) groups is 4. The van der Waals surface area contributed by atoms with Gasteiger partial charge in [0.2, 0.25) is 5.91 Å². The lowest BCUT2D eigenvalue weighted by molar-refractivity contribution is -0.377. The maximum absolute atomic E-state index is 12.9. The first-order chi connectivity index (χ1) is 42.3. The van der Waals surface area contributed by atoms with Crippen LogP contribution in [0.4, 0.5) is 0 Å². The van der Waals surface area contributed by atoms with Gasteiger partial charge in [-0.15, -0.1) is 0 Å². The summed E-state index contributed by atoms with van der Waals surface area (Å²) < 4.78 is 216. The normalized spacial score (nSPS) is 42.6. The van der Waals surface area contributed by atoms with Crippen molar-refractivity contribution < 1.29 is 206 Å². The van der Waals surface area contributed by atoms with E-state index in [-0.39, 0.29) is 0 Å². The zero-order valence-electron chi connectivity index (χ0n) is 46.9. The van der Waals surface area contributed by atoms with Gasteiger partial charge in [-0.05, 0) is 13.8 Å². The fraction of sp³-hybridized carbons (Fsp3) is 0.902. The second-order valence-electron chi connectivity index (χ2n) is 21.0. The van der Waals surface area contributed by atoms with E-state index in [2.05, 4.69) is 22.0 Å². The van der Waals surface area contributed by atoms with Crippen LogP contribution in [-0.2, 0) is 134 Å². The van der Waals surface area contributed by atoms with Crippen LogP contribution in [0.3, 0.4) is 0 Å². The molecule has 0 unspecified atom stereocenters. The molecule has 0 aromatic heterocycles. The van der Waals surface area contributed by atoms with Crippen molar-refractivity contribution in [2.75, 3.05) is 19.8 Å². The molecule has 6 heterocycles. The molecule has 6 saturated heterocycles. The number of carboxylic acid groups (broad SMARTS) is 3. The first kappa shape index (κ1) is 77.4. The topological polar surface area (TPSA) is 740 Å². The predicted molar refractivity (Wildman–Crippen MR) is 272 cm³/mol. The number of amides is 1. The van der Waals surface area contributed by atoms with Crippen molar-refractivity contribution in [3.8, 4) is 0 Å². The fourth-order valence-electron chi connectivity index (χ4n) is 10.0. The van der Waals surface area contributed by atoms with E-state index in [1.165, 1.54) is 13.8 Å². The minimum atomic E-state index is -5.83. The van der Waals surface area contributed by atoms with Crippen molar-refractivity contribution in [1.29, 1.82) is 0 Å². The summed E-state index contributed by atoms with van der Waals surface area (Å²) in [6, 6.07) is -6.02. The first-order valence-electron chi connectivity index (χ1n) is 26.3. The second-order valence-corrected chi connectivity index (χ2v) is 25.3. The number of hydrogen-bond donors (Lipinski definition) is 19. The minimum Gasteiger partial charge on any atom is -0.479 e. The van der Waals surface area contributed by atoms with Gasteiger partial charge in [-0.3, -0.25) is 23.0 Å². The lowest BCUT2D eigenvalue weighted by Gasteiger charge is -2.50. The Kier molecular flexibility index (Phi) is 26.0. The van der Waals surface area contributed by atoms with Crippen LogP contribution in [0.1, 0.15) is 20.8 Å². The van der Waals surface area contributed by atoms with Gasteiger partial charge in [-0.2, -0.15) is 33.7 Å². The van der Waals surface area contributed by atoms with Crippen LogP contribution in [0.2, 0.25) is 0 Å². The summed E-state index contributed by atoms with van der Waals surface area (Å²) in [5.74, 6) is -7.13. The number of aliphatic carboxylic acids is 3. The third-order valence-electron chi connectivity index (χ3n) is 14.1. The Morgan fingerprint density at radius 2 is 0.793 bits per heavy atom. The Balaban J connectivity index is 1.20. The maximum atomic E-state index is 12.9. The van der Waals surface area contributed by atoms with Gasteiger partial charge in [0, 0.05) is 6.92 Å². The number of hydrogen-bond acceptors (Lipinski definition) is 39. The molecule has 51 heteroatoms. The van der Waals surface area contributed by atoms with Crippen molar-refractivity contribution in [3.63, 3.8) is 0 Å². The standard InChI is InChI=1S/C41H67N3O44S4/c1-7(2)75-38-14(44-8(3)46)17(49)25(11(78-38)6-74-90(64,65)66)81-41-30(88-92(70,71)72)22(54)27(32(86-41)35(59)60)83-36-12(42)15(47)23(9(4-45)76-36)79-39-21(53)20(52)26(31(85-39)34(57)58)82-37-13(43)16(48)24(10(77-37)5-73-89(61,62)63)80-40-29(87-91(67,68)69)19(51)18(50)28(84-40)33(55)56/h7,9-32,36-41,45,47-54H,4-6,42-43H2,1-3H3,(H,44,46)(H,55,56)(H,57,58)(H,59,60)(H,61,62,63)(H,64,65,66)(H,67,68,69)(H,70,71,72)/t9-,10-,11-,12-,13-,14-,15-,16-,17-,18+,19+,20-,21-,22+,23-,24-,25-,26+,27+,28-,29-,30-,31-,32-,36-,37-,38+,39-,40-,41-/m1/s1.